The van der Waals surface area contributed by atoms with Crippen LogP contribution >= 0.6 is 23.5 Å². The van der Waals surface area contributed by atoms with Gasteiger partial charge in [-0.2, -0.15) is 0 Å². The average Bonchev–Trinajstić information content (AvgIpc) is 2.76. The monoisotopic (exact) mass is 418 g/mol. The maximum absolute atomic E-state index is 6.45. The van der Waals surface area contributed by atoms with Crippen LogP contribution in [0.25, 0.3) is 21.5 Å². The van der Waals surface area contributed by atoms with Crippen LogP contribution in [0.5, 0.6) is 11.5 Å². The van der Waals surface area contributed by atoms with Gasteiger partial charge in [0.25, 0.3) is 0 Å². The maximum atomic E-state index is 6.45. The van der Waals surface area contributed by atoms with E-state index in [9.17, 15) is 0 Å². The standard InChI is InChI=1S/C24H18O3S2/c1-2-25-24-23(28-21-17-9-5-3-7-15(17)11-13-19(21)26-24)29-22-18-10-6-4-8-16(18)12-14-20(22)27-24/h3-14,23H,2H2,1H3. The predicted molar refractivity (Wildman–Crippen MR) is 119 cm³/mol. The Balaban J connectivity index is 1.52. The summed E-state index contributed by atoms with van der Waals surface area (Å²) in [7, 11) is 0. The zero-order valence-electron chi connectivity index (χ0n) is 15.8. The second kappa shape index (κ2) is 6.59. The molecular weight excluding hydrogens is 400 g/mol. The third-order valence-corrected chi connectivity index (χ3v) is 8.17. The van der Waals surface area contributed by atoms with E-state index in [0.717, 1.165) is 21.3 Å². The summed E-state index contributed by atoms with van der Waals surface area (Å²) in [6.45, 7) is 2.48. The summed E-state index contributed by atoms with van der Waals surface area (Å²) >= 11 is 3.54. The molecule has 0 radical (unpaired) electrons. The van der Waals surface area contributed by atoms with Gasteiger partial charge in [0.2, 0.25) is 0 Å². The van der Waals surface area contributed by atoms with Crippen LogP contribution in [0.15, 0.2) is 82.6 Å². The van der Waals surface area contributed by atoms with Crippen LogP contribution in [-0.2, 0) is 4.74 Å². The Morgan fingerprint density at radius 1 is 0.759 bits per heavy atom. The summed E-state index contributed by atoms with van der Waals surface area (Å²) in [5, 5.41) is 4.81. The topological polar surface area (TPSA) is 27.7 Å². The molecule has 29 heavy (non-hydrogen) atoms. The molecule has 0 saturated carbocycles. The fraction of sp³-hybridized carbons (Fsp3) is 0.167. The number of hydrogen-bond acceptors (Lipinski definition) is 5. The fourth-order valence-electron chi connectivity index (χ4n) is 3.98. The van der Waals surface area contributed by atoms with Gasteiger partial charge in [0.1, 0.15) is 11.5 Å². The molecule has 0 amide bonds. The molecule has 0 aromatic heterocycles. The van der Waals surface area contributed by atoms with Crippen LogP contribution in [0.1, 0.15) is 6.92 Å². The molecule has 2 aliphatic rings. The van der Waals surface area contributed by atoms with Gasteiger partial charge in [0.05, 0.1) is 16.4 Å². The lowest BCUT2D eigenvalue weighted by molar-refractivity contribution is -0.293. The van der Waals surface area contributed by atoms with E-state index in [1.165, 1.54) is 21.5 Å². The van der Waals surface area contributed by atoms with Gasteiger partial charge in [-0.1, -0.05) is 84.2 Å². The zero-order valence-corrected chi connectivity index (χ0v) is 17.4. The third kappa shape index (κ3) is 2.65. The SMILES string of the molecule is CCOC12Oc3ccc4ccccc4c3SC1Sc1c(ccc3ccccc13)O2. The minimum Gasteiger partial charge on any atom is -0.427 e. The first-order chi connectivity index (χ1) is 14.3. The minimum absolute atomic E-state index is 0.0842. The maximum Gasteiger partial charge on any atom is 0.395 e. The van der Waals surface area contributed by atoms with E-state index in [1.807, 2.05) is 19.1 Å². The number of thioether (sulfide) groups is 2. The highest BCUT2D eigenvalue weighted by Gasteiger charge is 2.54. The van der Waals surface area contributed by atoms with Crippen molar-refractivity contribution >= 4 is 45.1 Å². The predicted octanol–water partition coefficient (Wildman–Crippen LogP) is 6.68. The van der Waals surface area contributed by atoms with Crippen LogP contribution in [0, 0.1) is 0 Å². The van der Waals surface area contributed by atoms with Gasteiger partial charge in [0, 0.05) is 0 Å². The Hall–Kier alpha value is -2.34. The van der Waals surface area contributed by atoms with E-state index in [1.54, 1.807) is 23.5 Å². The van der Waals surface area contributed by atoms with Crippen molar-refractivity contribution in [2.75, 3.05) is 6.61 Å². The largest absolute Gasteiger partial charge is 0.427 e. The van der Waals surface area contributed by atoms with Gasteiger partial charge in [-0.15, -0.1) is 0 Å². The van der Waals surface area contributed by atoms with E-state index in [0.29, 0.717) is 6.61 Å². The molecule has 0 atom stereocenters. The summed E-state index contributed by atoms with van der Waals surface area (Å²) in [5.74, 6) is 0.473. The highest BCUT2D eigenvalue weighted by molar-refractivity contribution is 8.17. The number of benzene rings is 4. The van der Waals surface area contributed by atoms with E-state index >= 15 is 0 Å². The van der Waals surface area contributed by atoms with Gasteiger partial charge < -0.3 is 14.2 Å². The van der Waals surface area contributed by atoms with Crippen molar-refractivity contribution in [3.8, 4) is 11.5 Å². The summed E-state index contributed by atoms with van der Waals surface area (Å²) in [5.41, 5.74) is 0. The molecule has 3 nitrogen and oxygen atoms in total. The van der Waals surface area contributed by atoms with E-state index in [4.69, 9.17) is 14.2 Å². The second-order valence-corrected chi connectivity index (χ2v) is 9.57. The lowest BCUT2D eigenvalue weighted by Crippen LogP contribution is -2.55. The van der Waals surface area contributed by atoms with E-state index < -0.39 is 5.97 Å². The molecule has 2 heterocycles. The smallest absolute Gasteiger partial charge is 0.395 e. The number of rotatable bonds is 2. The number of ether oxygens (including phenoxy) is 3. The van der Waals surface area contributed by atoms with Crippen molar-refractivity contribution in [1.82, 2.24) is 0 Å². The zero-order chi connectivity index (χ0) is 19.4. The number of fused-ring (bicyclic) bond motifs is 7. The van der Waals surface area contributed by atoms with Gasteiger partial charge in [-0.25, -0.2) is 0 Å². The Morgan fingerprint density at radius 3 is 1.79 bits per heavy atom. The van der Waals surface area contributed by atoms with Crippen LogP contribution in [-0.4, -0.2) is 17.2 Å². The molecule has 0 saturated heterocycles. The lowest BCUT2D eigenvalue weighted by atomic mass is 10.1. The minimum atomic E-state index is -1.14. The Bertz CT molecular complexity index is 1160. The first-order valence-corrected chi connectivity index (χ1v) is 11.4. The van der Waals surface area contributed by atoms with Crippen molar-refractivity contribution in [3.63, 3.8) is 0 Å². The summed E-state index contributed by atoms with van der Waals surface area (Å²) in [4.78, 5) is 2.28. The van der Waals surface area contributed by atoms with E-state index in [2.05, 4.69) is 60.7 Å². The molecule has 0 N–H and O–H groups in total. The Morgan fingerprint density at radius 2 is 1.28 bits per heavy atom. The molecule has 0 aliphatic carbocycles. The van der Waals surface area contributed by atoms with Crippen molar-refractivity contribution < 1.29 is 14.2 Å². The van der Waals surface area contributed by atoms with E-state index in [-0.39, 0.29) is 4.58 Å². The fourth-order valence-corrected chi connectivity index (χ4v) is 6.88. The van der Waals surface area contributed by atoms with Crippen LogP contribution < -0.4 is 9.47 Å². The third-order valence-electron chi connectivity index (χ3n) is 5.28. The Kier molecular flexibility index (Phi) is 3.98. The van der Waals surface area contributed by atoms with Crippen LogP contribution in [0.2, 0.25) is 0 Å². The summed E-state index contributed by atoms with van der Waals surface area (Å²) < 4.78 is 19.0. The lowest BCUT2D eigenvalue weighted by Gasteiger charge is -2.45. The van der Waals surface area contributed by atoms with Crippen molar-refractivity contribution in [1.29, 1.82) is 0 Å². The Labute approximate surface area is 177 Å². The van der Waals surface area contributed by atoms with Crippen molar-refractivity contribution in [3.05, 3.63) is 72.8 Å². The molecule has 6 rings (SSSR count). The molecule has 2 aliphatic heterocycles. The van der Waals surface area contributed by atoms with Gasteiger partial charge in [-0.05, 0) is 40.6 Å². The average molecular weight is 419 g/mol. The molecule has 0 spiro atoms. The highest BCUT2D eigenvalue weighted by Crippen LogP contribution is 2.58. The molecule has 0 unspecified atom stereocenters. The van der Waals surface area contributed by atoms with Crippen molar-refractivity contribution in [2.24, 2.45) is 0 Å². The first kappa shape index (κ1) is 17.5. The summed E-state index contributed by atoms with van der Waals surface area (Å²) in [6.07, 6.45) is 0. The van der Waals surface area contributed by atoms with Gasteiger partial charge in [-0.3, -0.25) is 0 Å². The van der Waals surface area contributed by atoms with Crippen LogP contribution in [0.4, 0.5) is 0 Å². The number of hydrogen-bond donors (Lipinski definition) is 0. The normalized spacial score (nSPS) is 22.3. The van der Waals surface area contributed by atoms with Crippen LogP contribution in [0.3, 0.4) is 0 Å². The molecule has 144 valence electrons. The first-order valence-electron chi connectivity index (χ1n) is 9.66. The molecule has 4 aromatic rings. The quantitative estimate of drug-likeness (QED) is 0.362. The highest BCUT2D eigenvalue weighted by atomic mass is 32.2. The van der Waals surface area contributed by atoms with Crippen molar-refractivity contribution in [2.45, 2.75) is 27.3 Å². The molecule has 4 aromatic carbocycles. The summed E-state index contributed by atoms with van der Waals surface area (Å²) in [6, 6.07) is 25.0. The molecular formula is C24H18O3S2. The second-order valence-electron chi connectivity index (χ2n) is 7.04. The molecule has 5 heteroatoms. The molecule has 0 fully saturated rings. The van der Waals surface area contributed by atoms with Gasteiger partial charge in [0.15, 0.2) is 4.58 Å². The van der Waals surface area contributed by atoms with Gasteiger partial charge >= 0.3 is 5.97 Å². The molecule has 0 bridgehead atoms.